The third-order valence-electron chi connectivity index (χ3n) is 3.64. The zero-order valence-electron chi connectivity index (χ0n) is 13.3. The molecule has 24 heavy (non-hydrogen) atoms. The van der Waals surface area contributed by atoms with Gasteiger partial charge in [-0.2, -0.15) is 0 Å². The summed E-state index contributed by atoms with van der Waals surface area (Å²) >= 11 is 0. The number of hydrogen-bond donors (Lipinski definition) is 0. The summed E-state index contributed by atoms with van der Waals surface area (Å²) in [5.41, 5.74) is 1.13. The van der Waals surface area contributed by atoms with Crippen molar-refractivity contribution in [3.63, 3.8) is 0 Å². The molecule has 0 spiro atoms. The van der Waals surface area contributed by atoms with Crippen LogP contribution in [0.5, 0.6) is 11.5 Å². The van der Waals surface area contributed by atoms with Gasteiger partial charge >= 0.3 is 5.97 Å². The summed E-state index contributed by atoms with van der Waals surface area (Å²) in [6, 6.07) is 10.9. The molecule has 6 heteroatoms. The van der Waals surface area contributed by atoms with E-state index in [0.29, 0.717) is 23.6 Å². The van der Waals surface area contributed by atoms with Crippen LogP contribution >= 0.6 is 0 Å². The van der Waals surface area contributed by atoms with E-state index < -0.39 is 11.8 Å². The molecule has 0 amide bonds. The highest BCUT2D eigenvalue weighted by atomic mass is 19.1. The number of oxime groups is 1. The van der Waals surface area contributed by atoms with E-state index >= 15 is 0 Å². The van der Waals surface area contributed by atoms with Crippen LogP contribution in [-0.2, 0) is 4.84 Å². The quantitative estimate of drug-likeness (QED) is 0.638. The van der Waals surface area contributed by atoms with Crippen LogP contribution < -0.4 is 9.47 Å². The number of fused-ring (bicyclic) bond motifs is 1. The number of rotatable bonds is 3. The third kappa shape index (κ3) is 3.22. The second-order valence-electron chi connectivity index (χ2n) is 5.39. The van der Waals surface area contributed by atoms with E-state index in [-0.39, 0.29) is 11.7 Å². The molecule has 0 fully saturated rings. The molecule has 0 aliphatic carbocycles. The number of halogens is 1. The summed E-state index contributed by atoms with van der Waals surface area (Å²) in [5.74, 6) is -0.220. The first-order chi connectivity index (χ1) is 11.6. The van der Waals surface area contributed by atoms with Gasteiger partial charge in [0.25, 0.3) is 0 Å². The molecule has 0 bridgehead atoms. The van der Waals surface area contributed by atoms with Gasteiger partial charge in [-0.05, 0) is 31.2 Å². The van der Waals surface area contributed by atoms with Crippen molar-refractivity contribution in [3.8, 4) is 11.5 Å². The molecule has 0 unspecified atom stereocenters. The molecule has 5 nitrogen and oxygen atoms in total. The van der Waals surface area contributed by atoms with Crippen molar-refractivity contribution < 1.29 is 23.5 Å². The van der Waals surface area contributed by atoms with Gasteiger partial charge in [0.15, 0.2) is 0 Å². The lowest BCUT2D eigenvalue weighted by atomic mass is 10.0. The Morgan fingerprint density at radius 1 is 1.29 bits per heavy atom. The van der Waals surface area contributed by atoms with Gasteiger partial charge in [-0.1, -0.05) is 17.3 Å². The number of nitrogens with zero attached hydrogens (tertiary/aromatic N) is 1. The van der Waals surface area contributed by atoms with Gasteiger partial charge in [-0.15, -0.1) is 0 Å². The number of hydrogen-bond acceptors (Lipinski definition) is 5. The lowest BCUT2D eigenvalue weighted by Gasteiger charge is -2.24. The lowest BCUT2D eigenvalue weighted by molar-refractivity contribution is 0.0507. The number of methoxy groups -OCH3 is 1. The van der Waals surface area contributed by atoms with E-state index in [1.54, 1.807) is 31.4 Å². The lowest BCUT2D eigenvalue weighted by Crippen LogP contribution is -2.25. The molecule has 1 atom stereocenters. The Balaban J connectivity index is 1.86. The van der Waals surface area contributed by atoms with Crippen molar-refractivity contribution in [1.29, 1.82) is 0 Å². The Hall–Kier alpha value is -2.89. The second kappa shape index (κ2) is 6.70. The van der Waals surface area contributed by atoms with Gasteiger partial charge in [0.05, 0.1) is 18.4 Å². The minimum absolute atomic E-state index is 0.129. The number of carbonyl (C=O) groups is 1. The highest BCUT2D eigenvalue weighted by Gasteiger charge is 2.24. The van der Waals surface area contributed by atoms with Crippen LogP contribution in [-0.4, -0.2) is 24.9 Å². The Labute approximate surface area is 138 Å². The summed E-state index contributed by atoms with van der Waals surface area (Å²) in [4.78, 5) is 16.9. The van der Waals surface area contributed by atoms with Gasteiger partial charge in [0, 0.05) is 18.1 Å². The molecule has 0 aromatic heterocycles. The summed E-state index contributed by atoms with van der Waals surface area (Å²) in [5, 5.41) is 3.93. The van der Waals surface area contributed by atoms with Crippen molar-refractivity contribution >= 4 is 11.7 Å². The fourth-order valence-electron chi connectivity index (χ4n) is 2.47. The summed E-state index contributed by atoms with van der Waals surface area (Å²) in [6.07, 6.45) is 0.347. The molecule has 2 aromatic carbocycles. The molecule has 0 saturated heterocycles. The molecule has 3 rings (SSSR count). The van der Waals surface area contributed by atoms with E-state index in [1.807, 2.05) is 6.92 Å². The van der Waals surface area contributed by atoms with Crippen LogP contribution in [0.3, 0.4) is 0 Å². The third-order valence-corrected chi connectivity index (χ3v) is 3.64. The maximum absolute atomic E-state index is 13.6. The Morgan fingerprint density at radius 2 is 2.08 bits per heavy atom. The van der Waals surface area contributed by atoms with Crippen molar-refractivity contribution in [2.24, 2.45) is 5.16 Å². The summed E-state index contributed by atoms with van der Waals surface area (Å²) in [6.45, 7) is 1.89. The van der Waals surface area contributed by atoms with Crippen LogP contribution in [0, 0.1) is 5.82 Å². The highest BCUT2D eigenvalue weighted by molar-refractivity contribution is 6.04. The topological polar surface area (TPSA) is 57.1 Å². The van der Waals surface area contributed by atoms with Crippen LogP contribution in [0.1, 0.15) is 29.3 Å². The monoisotopic (exact) mass is 329 g/mol. The second-order valence-corrected chi connectivity index (χ2v) is 5.39. The SMILES string of the molecule is COc1ccc2c(c1)O[C@@H](C)C/C2=N\OC(=O)c1ccccc1F. The van der Waals surface area contributed by atoms with Crippen molar-refractivity contribution in [1.82, 2.24) is 0 Å². The van der Waals surface area contributed by atoms with Gasteiger partial charge < -0.3 is 14.3 Å². The first kappa shape index (κ1) is 16.0. The number of carbonyl (C=O) groups excluding carboxylic acids is 1. The Morgan fingerprint density at radius 3 is 2.83 bits per heavy atom. The zero-order chi connectivity index (χ0) is 17.1. The first-order valence-corrected chi connectivity index (χ1v) is 7.46. The highest BCUT2D eigenvalue weighted by Crippen LogP contribution is 2.31. The van der Waals surface area contributed by atoms with Crippen LogP contribution in [0.15, 0.2) is 47.6 Å². The van der Waals surface area contributed by atoms with Gasteiger partial charge in [-0.3, -0.25) is 0 Å². The van der Waals surface area contributed by atoms with Crippen LogP contribution in [0.4, 0.5) is 4.39 Å². The summed E-state index contributed by atoms with van der Waals surface area (Å²) < 4.78 is 24.5. The standard InChI is InChI=1S/C18H16FNO4/c1-11-9-16(14-8-7-12(22-2)10-17(14)23-11)20-24-18(21)13-5-3-4-6-15(13)19/h3-8,10-11H,9H2,1-2H3/b20-16+/t11-/m0/s1. The molecule has 0 radical (unpaired) electrons. The predicted molar refractivity (Wildman–Crippen MR) is 86.1 cm³/mol. The maximum atomic E-state index is 13.6. The predicted octanol–water partition coefficient (Wildman–Crippen LogP) is 3.57. The normalized spacial score (nSPS) is 17.8. The smallest absolute Gasteiger partial charge is 0.368 e. The molecule has 1 heterocycles. The van der Waals surface area contributed by atoms with E-state index in [4.69, 9.17) is 14.3 Å². The van der Waals surface area contributed by atoms with Crippen molar-refractivity contribution in [2.75, 3.05) is 7.11 Å². The van der Waals surface area contributed by atoms with Gasteiger partial charge in [0.2, 0.25) is 0 Å². The van der Waals surface area contributed by atoms with E-state index in [1.165, 1.54) is 18.2 Å². The molecular weight excluding hydrogens is 313 g/mol. The van der Waals surface area contributed by atoms with Gasteiger partial charge in [-0.25, -0.2) is 9.18 Å². The minimum Gasteiger partial charge on any atom is -0.497 e. The first-order valence-electron chi connectivity index (χ1n) is 7.46. The van der Waals surface area contributed by atoms with Crippen LogP contribution in [0.2, 0.25) is 0 Å². The van der Waals surface area contributed by atoms with Gasteiger partial charge in [0.1, 0.15) is 23.4 Å². The minimum atomic E-state index is -0.838. The molecule has 2 aromatic rings. The van der Waals surface area contributed by atoms with Crippen LogP contribution in [0.25, 0.3) is 0 Å². The van der Waals surface area contributed by atoms with Crippen molar-refractivity contribution in [2.45, 2.75) is 19.4 Å². The Kier molecular flexibility index (Phi) is 4.46. The molecule has 124 valence electrons. The molecular formula is C18H16FNO4. The average Bonchev–Trinajstić information content (AvgIpc) is 2.59. The molecule has 0 N–H and O–H groups in total. The maximum Gasteiger partial charge on any atom is 0.368 e. The van der Waals surface area contributed by atoms with E-state index in [9.17, 15) is 9.18 Å². The molecule has 1 aliphatic heterocycles. The molecule has 0 saturated carbocycles. The summed E-state index contributed by atoms with van der Waals surface area (Å²) in [7, 11) is 1.57. The fraction of sp³-hybridized carbons (Fsp3) is 0.222. The zero-order valence-corrected chi connectivity index (χ0v) is 13.3. The largest absolute Gasteiger partial charge is 0.497 e. The van der Waals surface area contributed by atoms with E-state index in [2.05, 4.69) is 5.16 Å². The van der Waals surface area contributed by atoms with E-state index in [0.717, 1.165) is 5.56 Å². The Bertz CT molecular complexity index is 803. The molecule has 1 aliphatic rings. The number of benzene rings is 2. The van der Waals surface area contributed by atoms with Crippen molar-refractivity contribution in [3.05, 3.63) is 59.4 Å². The number of ether oxygens (including phenoxy) is 2. The average molecular weight is 329 g/mol. The fourth-order valence-corrected chi connectivity index (χ4v) is 2.47.